The van der Waals surface area contributed by atoms with E-state index in [1.165, 1.54) is 0 Å². The second-order valence-electron chi connectivity index (χ2n) is 5.37. The highest BCUT2D eigenvalue weighted by atomic mass is 16.4. The Labute approximate surface area is 80.3 Å². The van der Waals surface area contributed by atoms with Crippen LogP contribution in [0.2, 0.25) is 0 Å². The molecule has 0 spiro atoms. The molecule has 13 heavy (non-hydrogen) atoms. The maximum atomic E-state index is 11.2. The lowest BCUT2D eigenvalue weighted by Crippen LogP contribution is -2.46. The van der Waals surface area contributed by atoms with Gasteiger partial charge in [-0.25, -0.2) is 0 Å². The van der Waals surface area contributed by atoms with Crippen LogP contribution in [0.5, 0.6) is 0 Å². The first-order chi connectivity index (χ1) is 5.79. The summed E-state index contributed by atoms with van der Waals surface area (Å²) in [6.07, 6.45) is 2.89. The average Bonchev–Trinajstić information content (AvgIpc) is 1.96. The third kappa shape index (κ3) is 1.59. The van der Waals surface area contributed by atoms with Gasteiger partial charge in [0.15, 0.2) is 0 Å². The fourth-order valence-corrected chi connectivity index (χ4v) is 2.47. The molecular weight excluding hydrogens is 164 g/mol. The number of aliphatic carboxylic acids is 1. The van der Waals surface area contributed by atoms with Gasteiger partial charge in [-0.05, 0) is 37.5 Å². The van der Waals surface area contributed by atoms with Gasteiger partial charge in [-0.15, -0.1) is 0 Å². The monoisotopic (exact) mass is 184 g/mol. The minimum Gasteiger partial charge on any atom is -0.481 e. The highest BCUT2D eigenvalue weighted by Crippen LogP contribution is 2.51. The largest absolute Gasteiger partial charge is 0.481 e. The average molecular weight is 184 g/mol. The predicted octanol–water partition coefficient (Wildman–Crippen LogP) is 2.92. The summed E-state index contributed by atoms with van der Waals surface area (Å²) in [4.78, 5) is 11.2. The predicted molar refractivity (Wildman–Crippen MR) is 52.5 cm³/mol. The van der Waals surface area contributed by atoms with Gasteiger partial charge in [0, 0.05) is 0 Å². The summed E-state index contributed by atoms with van der Waals surface area (Å²) in [5.74, 6) is 0.0341. The first-order valence-corrected chi connectivity index (χ1v) is 5.03. The van der Waals surface area contributed by atoms with Gasteiger partial charge < -0.3 is 5.11 Å². The Morgan fingerprint density at radius 1 is 1.38 bits per heavy atom. The van der Waals surface area contributed by atoms with Crippen molar-refractivity contribution in [3.8, 4) is 0 Å². The number of hydrogen-bond acceptors (Lipinski definition) is 1. The molecule has 0 bridgehead atoms. The number of carboxylic acids is 1. The summed E-state index contributed by atoms with van der Waals surface area (Å²) in [6, 6.07) is 0. The van der Waals surface area contributed by atoms with Crippen LogP contribution in [0.4, 0.5) is 0 Å². The number of hydrogen-bond donors (Lipinski definition) is 1. The van der Waals surface area contributed by atoms with Gasteiger partial charge in [0.05, 0.1) is 5.41 Å². The second kappa shape index (κ2) is 3.00. The van der Waals surface area contributed by atoms with E-state index in [1.807, 2.05) is 6.92 Å². The van der Waals surface area contributed by atoms with Crippen molar-refractivity contribution in [2.24, 2.45) is 16.7 Å². The summed E-state index contributed by atoms with van der Waals surface area (Å²) in [6.45, 7) is 8.26. The lowest BCUT2D eigenvalue weighted by atomic mass is 9.56. The topological polar surface area (TPSA) is 37.3 Å². The van der Waals surface area contributed by atoms with Gasteiger partial charge in [0.1, 0.15) is 0 Å². The zero-order chi connectivity index (χ0) is 10.3. The first-order valence-electron chi connectivity index (χ1n) is 5.03. The zero-order valence-corrected chi connectivity index (χ0v) is 9.05. The Morgan fingerprint density at radius 2 is 1.92 bits per heavy atom. The molecule has 0 aromatic rings. The Kier molecular flexibility index (Phi) is 2.44. The lowest BCUT2D eigenvalue weighted by molar-refractivity contribution is -0.160. The number of carboxylic acid groups (broad SMARTS) is 1. The van der Waals surface area contributed by atoms with Gasteiger partial charge in [-0.1, -0.05) is 20.8 Å². The minimum atomic E-state index is -0.635. The molecule has 76 valence electrons. The van der Waals surface area contributed by atoms with Crippen LogP contribution in [-0.2, 0) is 4.79 Å². The van der Waals surface area contributed by atoms with Crippen molar-refractivity contribution in [3.05, 3.63) is 0 Å². The van der Waals surface area contributed by atoms with Crippen LogP contribution < -0.4 is 0 Å². The lowest BCUT2D eigenvalue weighted by Gasteiger charge is -2.47. The quantitative estimate of drug-likeness (QED) is 0.680. The molecule has 0 aromatic heterocycles. The molecule has 2 unspecified atom stereocenters. The molecule has 1 N–H and O–H groups in total. The summed E-state index contributed by atoms with van der Waals surface area (Å²) < 4.78 is 0. The molecule has 1 aliphatic carbocycles. The number of carbonyl (C=O) groups is 1. The van der Waals surface area contributed by atoms with E-state index in [1.54, 1.807) is 0 Å². The van der Waals surface area contributed by atoms with Crippen molar-refractivity contribution in [1.29, 1.82) is 0 Å². The van der Waals surface area contributed by atoms with Crippen molar-refractivity contribution in [1.82, 2.24) is 0 Å². The molecular formula is C11H20O2. The molecule has 0 saturated heterocycles. The second-order valence-corrected chi connectivity index (χ2v) is 5.37. The maximum absolute atomic E-state index is 11.2. The van der Waals surface area contributed by atoms with Gasteiger partial charge in [-0.2, -0.15) is 0 Å². The smallest absolute Gasteiger partial charge is 0.309 e. The van der Waals surface area contributed by atoms with Gasteiger partial charge in [-0.3, -0.25) is 4.79 Å². The fourth-order valence-electron chi connectivity index (χ4n) is 2.47. The van der Waals surface area contributed by atoms with Crippen molar-refractivity contribution in [3.63, 3.8) is 0 Å². The van der Waals surface area contributed by atoms with Gasteiger partial charge in [0.25, 0.3) is 0 Å². The van der Waals surface area contributed by atoms with Crippen molar-refractivity contribution in [2.75, 3.05) is 0 Å². The fraction of sp³-hybridized carbons (Fsp3) is 0.909. The molecule has 0 aromatic carbocycles. The summed E-state index contributed by atoms with van der Waals surface area (Å²) >= 11 is 0. The molecule has 0 radical (unpaired) electrons. The van der Waals surface area contributed by atoms with E-state index in [9.17, 15) is 9.90 Å². The summed E-state index contributed by atoms with van der Waals surface area (Å²) in [5.41, 5.74) is -0.601. The van der Waals surface area contributed by atoms with E-state index in [0.29, 0.717) is 5.92 Å². The molecule has 1 rings (SSSR count). The van der Waals surface area contributed by atoms with Crippen LogP contribution in [0.15, 0.2) is 0 Å². The third-order valence-electron chi connectivity index (χ3n) is 3.96. The number of rotatable bonds is 1. The van der Waals surface area contributed by atoms with Crippen molar-refractivity contribution in [2.45, 2.75) is 47.0 Å². The van der Waals surface area contributed by atoms with Gasteiger partial charge in [0.2, 0.25) is 0 Å². The molecule has 2 nitrogen and oxygen atoms in total. The van der Waals surface area contributed by atoms with Gasteiger partial charge >= 0.3 is 5.97 Å². The van der Waals surface area contributed by atoms with E-state index in [4.69, 9.17) is 0 Å². The SMILES string of the molecule is CC1CCC(C)(C(=O)O)C(C)(C)C1. The molecule has 1 aliphatic rings. The van der Waals surface area contributed by atoms with E-state index < -0.39 is 11.4 Å². The van der Waals surface area contributed by atoms with Crippen LogP contribution in [-0.4, -0.2) is 11.1 Å². The molecule has 0 heterocycles. The maximum Gasteiger partial charge on any atom is 0.309 e. The Bertz CT molecular complexity index is 220. The highest BCUT2D eigenvalue weighted by Gasteiger charge is 2.50. The summed E-state index contributed by atoms with van der Waals surface area (Å²) in [7, 11) is 0. The Hall–Kier alpha value is -0.530. The normalized spacial score (nSPS) is 38.6. The van der Waals surface area contributed by atoms with E-state index in [2.05, 4.69) is 20.8 Å². The van der Waals surface area contributed by atoms with Crippen LogP contribution >= 0.6 is 0 Å². The van der Waals surface area contributed by atoms with Crippen molar-refractivity contribution < 1.29 is 9.90 Å². The molecule has 0 amide bonds. The van der Waals surface area contributed by atoms with Crippen molar-refractivity contribution >= 4 is 5.97 Å². The molecule has 1 fully saturated rings. The molecule has 2 atom stereocenters. The van der Waals surface area contributed by atoms with Crippen LogP contribution in [0.3, 0.4) is 0 Å². The molecule has 2 heteroatoms. The molecule has 0 aliphatic heterocycles. The van der Waals surface area contributed by atoms with Crippen LogP contribution in [0.1, 0.15) is 47.0 Å². The van der Waals surface area contributed by atoms with Crippen LogP contribution in [0, 0.1) is 16.7 Å². The van der Waals surface area contributed by atoms with E-state index in [0.717, 1.165) is 19.3 Å². The van der Waals surface area contributed by atoms with Crippen LogP contribution in [0.25, 0.3) is 0 Å². The zero-order valence-electron chi connectivity index (χ0n) is 9.05. The highest BCUT2D eigenvalue weighted by molar-refractivity contribution is 5.75. The van der Waals surface area contributed by atoms with E-state index >= 15 is 0 Å². The third-order valence-corrected chi connectivity index (χ3v) is 3.96. The molecule has 1 saturated carbocycles. The Balaban J connectivity index is 2.92. The minimum absolute atomic E-state index is 0.0729. The first kappa shape index (κ1) is 10.6. The standard InChI is InChI=1S/C11H20O2/c1-8-5-6-11(4,9(12)13)10(2,3)7-8/h8H,5-7H2,1-4H3,(H,12,13). The Morgan fingerprint density at radius 3 is 2.31 bits per heavy atom. The summed E-state index contributed by atoms with van der Waals surface area (Å²) in [5, 5.41) is 9.22. The van der Waals surface area contributed by atoms with E-state index in [-0.39, 0.29) is 5.41 Å².